The van der Waals surface area contributed by atoms with Gasteiger partial charge in [-0.3, -0.25) is 9.36 Å². The van der Waals surface area contributed by atoms with Gasteiger partial charge in [-0.2, -0.15) is 0 Å². The first kappa shape index (κ1) is 20.8. The van der Waals surface area contributed by atoms with Crippen LogP contribution in [-0.4, -0.2) is 19.7 Å². The molecule has 32 heavy (non-hydrogen) atoms. The van der Waals surface area contributed by atoms with Crippen LogP contribution in [0.1, 0.15) is 0 Å². The molecule has 5 nitrogen and oxygen atoms in total. The standard InChI is InChI=1S/C24H17ClN4OS2/c1-2-12-29-22(19-9-6-13-31-19)27-28-24(29)32-21-20(15-7-4-3-5-8-15)17-14-16(25)10-11-18(17)26-23(21)30/h2-11,13-14H,1,12H2,(H,26,30). The van der Waals surface area contributed by atoms with Crippen LogP contribution >= 0.6 is 34.7 Å². The summed E-state index contributed by atoms with van der Waals surface area (Å²) >= 11 is 9.22. The summed E-state index contributed by atoms with van der Waals surface area (Å²) in [5, 5.41) is 12.9. The zero-order chi connectivity index (χ0) is 22.1. The largest absolute Gasteiger partial charge is 0.321 e. The highest BCUT2D eigenvalue weighted by atomic mass is 35.5. The number of allylic oxidation sites excluding steroid dienone is 1. The lowest BCUT2D eigenvalue weighted by molar-refractivity contribution is 0.732. The van der Waals surface area contributed by atoms with E-state index in [4.69, 9.17) is 11.6 Å². The molecule has 2 aromatic carbocycles. The van der Waals surface area contributed by atoms with E-state index in [0.717, 1.165) is 32.7 Å². The van der Waals surface area contributed by atoms with Gasteiger partial charge in [-0.1, -0.05) is 54.1 Å². The van der Waals surface area contributed by atoms with Gasteiger partial charge in [0.25, 0.3) is 5.56 Å². The first-order valence-corrected chi connectivity index (χ1v) is 11.9. The Morgan fingerprint density at radius 1 is 1.12 bits per heavy atom. The molecule has 5 rings (SSSR count). The Balaban J connectivity index is 1.73. The summed E-state index contributed by atoms with van der Waals surface area (Å²) < 4.78 is 1.97. The first-order valence-electron chi connectivity index (χ1n) is 9.82. The summed E-state index contributed by atoms with van der Waals surface area (Å²) in [6, 6.07) is 19.3. The van der Waals surface area contributed by atoms with Crippen LogP contribution in [0.5, 0.6) is 0 Å². The number of rotatable bonds is 6. The number of hydrogen-bond donors (Lipinski definition) is 1. The van der Waals surface area contributed by atoms with E-state index in [2.05, 4.69) is 21.8 Å². The van der Waals surface area contributed by atoms with Crippen molar-refractivity contribution in [1.82, 2.24) is 19.7 Å². The average molecular weight is 477 g/mol. The zero-order valence-corrected chi connectivity index (χ0v) is 19.2. The van der Waals surface area contributed by atoms with Gasteiger partial charge in [0.2, 0.25) is 0 Å². The molecule has 0 unspecified atom stereocenters. The fourth-order valence-electron chi connectivity index (χ4n) is 3.57. The summed E-state index contributed by atoms with van der Waals surface area (Å²) in [5.74, 6) is 0.754. The highest BCUT2D eigenvalue weighted by Gasteiger charge is 2.21. The molecule has 0 fully saturated rings. The van der Waals surface area contributed by atoms with Crippen LogP contribution in [0.25, 0.3) is 32.7 Å². The van der Waals surface area contributed by atoms with Crippen molar-refractivity contribution >= 4 is 45.6 Å². The molecule has 0 aliphatic carbocycles. The number of aromatic amines is 1. The van der Waals surface area contributed by atoms with Crippen LogP contribution in [0.15, 0.2) is 93.5 Å². The predicted octanol–water partition coefficient (Wildman–Crippen LogP) is 6.51. The number of aromatic nitrogens is 4. The highest BCUT2D eigenvalue weighted by molar-refractivity contribution is 7.99. The third kappa shape index (κ3) is 3.79. The third-order valence-electron chi connectivity index (χ3n) is 4.96. The maximum atomic E-state index is 13.2. The Morgan fingerprint density at radius 2 is 1.97 bits per heavy atom. The molecular weight excluding hydrogens is 460 g/mol. The van der Waals surface area contributed by atoms with Crippen molar-refractivity contribution in [3.8, 4) is 21.8 Å². The van der Waals surface area contributed by atoms with Crippen molar-refractivity contribution in [2.45, 2.75) is 16.6 Å². The molecule has 0 bridgehead atoms. The minimum atomic E-state index is -0.186. The number of pyridine rings is 1. The molecule has 0 aliphatic heterocycles. The number of halogens is 1. The van der Waals surface area contributed by atoms with E-state index in [0.29, 0.717) is 21.6 Å². The lowest BCUT2D eigenvalue weighted by Crippen LogP contribution is -2.11. The molecule has 0 saturated carbocycles. The van der Waals surface area contributed by atoms with Crippen molar-refractivity contribution in [1.29, 1.82) is 0 Å². The van der Waals surface area contributed by atoms with E-state index in [1.165, 1.54) is 11.8 Å². The molecule has 5 aromatic rings. The van der Waals surface area contributed by atoms with E-state index >= 15 is 0 Å². The molecule has 3 aromatic heterocycles. The van der Waals surface area contributed by atoms with Crippen molar-refractivity contribution < 1.29 is 0 Å². The van der Waals surface area contributed by atoms with Gasteiger partial charge in [0.15, 0.2) is 11.0 Å². The average Bonchev–Trinajstić information content (AvgIpc) is 3.46. The van der Waals surface area contributed by atoms with Crippen LogP contribution in [0.3, 0.4) is 0 Å². The predicted molar refractivity (Wildman–Crippen MR) is 133 cm³/mol. The molecule has 3 heterocycles. The molecular formula is C24H17ClN4OS2. The summed E-state index contributed by atoms with van der Waals surface area (Å²) in [7, 11) is 0. The Kier molecular flexibility index (Phi) is 5.70. The molecule has 0 radical (unpaired) electrons. The maximum absolute atomic E-state index is 13.2. The van der Waals surface area contributed by atoms with Gasteiger partial charge in [0, 0.05) is 28.0 Å². The van der Waals surface area contributed by atoms with Crippen molar-refractivity contribution in [2.75, 3.05) is 0 Å². The fraction of sp³-hybridized carbons (Fsp3) is 0.0417. The van der Waals surface area contributed by atoms with Crippen LogP contribution in [0.4, 0.5) is 0 Å². The zero-order valence-electron chi connectivity index (χ0n) is 16.8. The van der Waals surface area contributed by atoms with Crippen LogP contribution in [-0.2, 0) is 6.54 Å². The number of H-pyrrole nitrogens is 1. The Labute approximate surface area is 197 Å². The summed E-state index contributed by atoms with van der Waals surface area (Å²) in [4.78, 5) is 17.8. The minimum absolute atomic E-state index is 0.186. The number of hydrogen-bond acceptors (Lipinski definition) is 5. The number of nitrogens with zero attached hydrogens (tertiary/aromatic N) is 3. The van der Waals surface area contributed by atoms with Crippen molar-refractivity contribution in [3.05, 3.63) is 94.1 Å². The van der Waals surface area contributed by atoms with Gasteiger partial charge >= 0.3 is 0 Å². The number of fused-ring (bicyclic) bond motifs is 1. The van der Waals surface area contributed by atoms with Gasteiger partial charge in [-0.25, -0.2) is 0 Å². The number of thiophene rings is 1. The summed E-state index contributed by atoms with van der Waals surface area (Å²) in [6.07, 6.45) is 1.80. The molecule has 0 atom stereocenters. The smallest absolute Gasteiger partial charge is 0.263 e. The van der Waals surface area contributed by atoms with E-state index in [1.807, 2.05) is 64.5 Å². The lowest BCUT2D eigenvalue weighted by atomic mass is 10.0. The molecule has 0 amide bonds. The second kappa shape index (κ2) is 8.78. The summed E-state index contributed by atoms with van der Waals surface area (Å²) in [5.41, 5.74) is 2.30. The van der Waals surface area contributed by atoms with E-state index < -0.39 is 0 Å². The van der Waals surface area contributed by atoms with Gasteiger partial charge in [0.05, 0.1) is 9.77 Å². The van der Waals surface area contributed by atoms with E-state index in [-0.39, 0.29) is 5.56 Å². The van der Waals surface area contributed by atoms with Gasteiger partial charge < -0.3 is 4.98 Å². The molecule has 8 heteroatoms. The second-order valence-electron chi connectivity index (χ2n) is 7.00. The topological polar surface area (TPSA) is 63.6 Å². The van der Waals surface area contributed by atoms with Gasteiger partial charge in [0.1, 0.15) is 0 Å². The van der Waals surface area contributed by atoms with Crippen molar-refractivity contribution in [2.24, 2.45) is 0 Å². The highest BCUT2D eigenvalue weighted by Crippen LogP contribution is 2.39. The van der Waals surface area contributed by atoms with Gasteiger partial charge in [-0.05, 0) is 47.0 Å². The van der Waals surface area contributed by atoms with Crippen LogP contribution in [0.2, 0.25) is 5.02 Å². The number of benzene rings is 2. The Morgan fingerprint density at radius 3 is 2.72 bits per heavy atom. The number of nitrogens with one attached hydrogen (secondary N) is 1. The molecule has 0 saturated heterocycles. The van der Waals surface area contributed by atoms with Crippen LogP contribution < -0.4 is 5.56 Å². The fourth-order valence-corrected chi connectivity index (χ4v) is 5.47. The molecule has 0 aliphatic rings. The summed E-state index contributed by atoms with van der Waals surface area (Å²) in [6.45, 7) is 4.40. The molecule has 1 N–H and O–H groups in total. The second-order valence-corrected chi connectivity index (χ2v) is 9.36. The quantitative estimate of drug-likeness (QED) is 0.284. The lowest BCUT2D eigenvalue weighted by Gasteiger charge is -2.13. The first-order chi connectivity index (χ1) is 15.7. The minimum Gasteiger partial charge on any atom is -0.321 e. The Bertz CT molecular complexity index is 1470. The van der Waals surface area contributed by atoms with Crippen LogP contribution in [0, 0.1) is 0 Å². The third-order valence-corrected chi connectivity index (χ3v) is 7.14. The Hall–Kier alpha value is -3.13. The van der Waals surface area contributed by atoms with Gasteiger partial charge in [-0.15, -0.1) is 28.1 Å². The van der Waals surface area contributed by atoms with E-state index in [1.54, 1.807) is 23.5 Å². The molecule has 158 valence electrons. The van der Waals surface area contributed by atoms with Crippen molar-refractivity contribution in [3.63, 3.8) is 0 Å². The molecule has 0 spiro atoms. The van der Waals surface area contributed by atoms with E-state index in [9.17, 15) is 4.79 Å². The maximum Gasteiger partial charge on any atom is 0.263 e. The monoisotopic (exact) mass is 476 g/mol. The SMILES string of the molecule is C=CCn1c(Sc2c(-c3ccccc3)c3cc(Cl)ccc3[nH]c2=O)nnc1-c1cccs1. The normalized spacial score (nSPS) is 11.2.